The number of piperazine rings is 1. The third kappa shape index (κ3) is 3.98. The quantitative estimate of drug-likeness (QED) is 0.418. The number of rotatable bonds is 5. The minimum atomic E-state index is 0.689. The van der Waals surface area contributed by atoms with Crippen LogP contribution in [0.1, 0.15) is 22.6 Å². The van der Waals surface area contributed by atoms with Gasteiger partial charge in [0.2, 0.25) is 5.89 Å². The van der Waals surface area contributed by atoms with E-state index in [0.29, 0.717) is 5.89 Å². The lowest BCUT2D eigenvalue weighted by molar-refractivity contribution is 0.246. The van der Waals surface area contributed by atoms with Crippen LogP contribution in [0.15, 0.2) is 40.8 Å². The fraction of sp³-hybridized carbons (Fsp3) is 0.360. The molecular weight excluding hydrogens is 420 g/mol. The van der Waals surface area contributed by atoms with E-state index in [9.17, 15) is 0 Å². The number of hydrogen-bond donors (Lipinski definition) is 0. The van der Waals surface area contributed by atoms with Gasteiger partial charge in [-0.15, -0.1) is 0 Å². The molecule has 4 aromatic rings. The van der Waals surface area contributed by atoms with Crippen molar-refractivity contribution in [1.29, 1.82) is 0 Å². The van der Waals surface area contributed by atoms with Crippen LogP contribution >= 0.6 is 11.3 Å². The number of thiazole rings is 1. The highest BCUT2D eigenvalue weighted by Gasteiger charge is 2.22. The van der Waals surface area contributed by atoms with E-state index in [1.807, 2.05) is 26.0 Å². The van der Waals surface area contributed by atoms with E-state index >= 15 is 0 Å². The molecule has 0 radical (unpaired) electrons. The van der Waals surface area contributed by atoms with Crippen molar-refractivity contribution in [3.63, 3.8) is 0 Å². The number of fused-ring (bicyclic) bond motifs is 1. The van der Waals surface area contributed by atoms with Gasteiger partial charge in [-0.25, -0.2) is 9.97 Å². The lowest BCUT2D eigenvalue weighted by atomic mass is 10.0. The number of hydrogen-bond acceptors (Lipinski definition) is 7. The Balaban J connectivity index is 1.27. The zero-order chi connectivity index (χ0) is 22.2. The van der Waals surface area contributed by atoms with Crippen LogP contribution in [0.5, 0.6) is 5.75 Å². The SMILES string of the molecule is COc1cc(C)c(-c2nc(CN3CCN(c4nc5ccccc5s4)CC3)c(C)o2)cc1C. The maximum absolute atomic E-state index is 6.08. The first kappa shape index (κ1) is 21.0. The van der Waals surface area contributed by atoms with Crippen LogP contribution in [-0.4, -0.2) is 48.2 Å². The molecule has 1 aliphatic rings. The fourth-order valence-electron chi connectivity index (χ4n) is 4.23. The summed E-state index contributed by atoms with van der Waals surface area (Å²) in [6.07, 6.45) is 0. The second-order valence-electron chi connectivity index (χ2n) is 8.39. The molecule has 0 spiro atoms. The molecule has 7 heteroatoms. The molecule has 6 nitrogen and oxygen atoms in total. The average molecular weight is 449 g/mol. The summed E-state index contributed by atoms with van der Waals surface area (Å²) in [5, 5.41) is 1.12. The number of nitrogens with zero attached hydrogens (tertiary/aromatic N) is 4. The van der Waals surface area contributed by atoms with Crippen molar-refractivity contribution < 1.29 is 9.15 Å². The standard InChI is InChI=1S/C25H28N4O2S/c1-16-14-22(30-4)17(2)13-19(16)24-26-21(18(3)31-24)15-28-9-11-29(12-10-28)25-27-20-7-5-6-8-23(20)32-25/h5-8,13-14H,9-12,15H2,1-4H3. The highest BCUT2D eigenvalue weighted by Crippen LogP contribution is 2.32. The van der Waals surface area contributed by atoms with E-state index in [1.165, 1.54) is 4.70 Å². The van der Waals surface area contributed by atoms with Gasteiger partial charge in [0.15, 0.2) is 5.13 Å². The molecule has 2 aromatic heterocycles. The summed E-state index contributed by atoms with van der Waals surface area (Å²) in [7, 11) is 1.70. The summed E-state index contributed by atoms with van der Waals surface area (Å²) in [5.41, 5.74) is 5.31. The summed E-state index contributed by atoms with van der Waals surface area (Å²) in [6, 6.07) is 12.5. The minimum absolute atomic E-state index is 0.689. The maximum Gasteiger partial charge on any atom is 0.226 e. The van der Waals surface area contributed by atoms with Crippen molar-refractivity contribution in [3.05, 3.63) is 59.0 Å². The Labute approximate surface area is 192 Å². The fourth-order valence-corrected chi connectivity index (χ4v) is 5.25. The van der Waals surface area contributed by atoms with Crippen LogP contribution in [0.25, 0.3) is 21.7 Å². The number of benzene rings is 2. The highest BCUT2D eigenvalue weighted by molar-refractivity contribution is 7.22. The van der Waals surface area contributed by atoms with Gasteiger partial charge < -0.3 is 14.1 Å². The molecule has 1 fully saturated rings. The molecule has 0 amide bonds. The second kappa shape index (κ2) is 8.56. The van der Waals surface area contributed by atoms with Gasteiger partial charge in [0.1, 0.15) is 11.5 Å². The van der Waals surface area contributed by atoms with E-state index < -0.39 is 0 Å². The van der Waals surface area contributed by atoms with E-state index in [-0.39, 0.29) is 0 Å². The normalized spacial score (nSPS) is 14.9. The smallest absolute Gasteiger partial charge is 0.226 e. The van der Waals surface area contributed by atoms with Crippen LogP contribution < -0.4 is 9.64 Å². The van der Waals surface area contributed by atoms with Crippen LogP contribution in [0.4, 0.5) is 5.13 Å². The molecule has 0 atom stereocenters. The van der Waals surface area contributed by atoms with Gasteiger partial charge in [-0.3, -0.25) is 4.90 Å². The van der Waals surface area contributed by atoms with E-state index in [0.717, 1.165) is 77.3 Å². The summed E-state index contributed by atoms with van der Waals surface area (Å²) in [4.78, 5) is 14.5. The van der Waals surface area contributed by atoms with Gasteiger partial charge in [-0.1, -0.05) is 23.5 Å². The van der Waals surface area contributed by atoms with Crippen LogP contribution in [-0.2, 0) is 6.54 Å². The van der Waals surface area contributed by atoms with Gasteiger partial charge in [-0.05, 0) is 56.2 Å². The third-order valence-electron chi connectivity index (χ3n) is 6.16. The van der Waals surface area contributed by atoms with Gasteiger partial charge in [0.05, 0.1) is 23.0 Å². The monoisotopic (exact) mass is 448 g/mol. The molecule has 166 valence electrons. The van der Waals surface area contributed by atoms with Crippen LogP contribution in [0, 0.1) is 20.8 Å². The third-order valence-corrected chi connectivity index (χ3v) is 7.26. The van der Waals surface area contributed by atoms with Crippen molar-refractivity contribution >= 4 is 26.7 Å². The van der Waals surface area contributed by atoms with Gasteiger partial charge in [-0.2, -0.15) is 0 Å². The lowest BCUT2D eigenvalue weighted by Crippen LogP contribution is -2.46. The number of para-hydroxylation sites is 1. The molecule has 0 unspecified atom stereocenters. The number of aryl methyl sites for hydroxylation is 3. The van der Waals surface area contributed by atoms with Crippen molar-refractivity contribution in [2.24, 2.45) is 0 Å². The Morgan fingerprint density at radius 1 is 1.00 bits per heavy atom. The van der Waals surface area contributed by atoms with E-state index in [4.69, 9.17) is 19.1 Å². The number of methoxy groups -OCH3 is 1. The molecule has 1 aliphatic heterocycles. The van der Waals surface area contributed by atoms with Crippen molar-refractivity contribution in [3.8, 4) is 17.2 Å². The first-order valence-corrected chi connectivity index (χ1v) is 11.8. The zero-order valence-electron chi connectivity index (χ0n) is 19.0. The molecule has 32 heavy (non-hydrogen) atoms. The van der Waals surface area contributed by atoms with E-state index in [1.54, 1.807) is 18.4 Å². The molecule has 0 N–H and O–H groups in total. The molecule has 5 rings (SSSR count). The van der Waals surface area contributed by atoms with Crippen LogP contribution in [0.2, 0.25) is 0 Å². The van der Waals surface area contributed by atoms with Gasteiger partial charge >= 0.3 is 0 Å². The van der Waals surface area contributed by atoms with Crippen molar-refractivity contribution in [2.75, 3.05) is 38.2 Å². The first-order chi connectivity index (χ1) is 15.5. The topological polar surface area (TPSA) is 54.6 Å². The number of ether oxygens (including phenoxy) is 1. The largest absolute Gasteiger partial charge is 0.496 e. The average Bonchev–Trinajstić information content (AvgIpc) is 3.39. The number of aromatic nitrogens is 2. The molecular formula is C25H28N4O2S. The van der Waals surface area contributed by atoms with Crippen LogP contribution in [0.3, 0.4) is 0 Å². The predicted octanol–water partition coefficient (Wildman–Crippen LogP) is 5.21. The van der Waals surface area contributed by atoms with E-state index in [2.05, 4.69) is 41.0 Å². The Hall–Kier alpha value is -2.90. The summed E-state index contributed by atoms with van der Waals surface area (Å²) in [5.74, 6) is 2.47. The molecule has 3 heterocycles. The minimum Gasteiger partial charge on any atom is -0.496 e. The molecule has 1 saturated heterocycles. The van der Waals surface area contributed by atoms with Crippen molar-refractivity contribution in [1.82, 2.24) is 14.9 Å². The Morgan fingerprint density at radius 2 is 1.78 bits per heavy atom. The summed E-state index contributed by atoms with van der Waals surface area (Å²) < 4.78 is 12.8. The van der Waals surface area contributed by atoms with Gasteiger partial charge in [0.25, 0.3) is 0 Å². The Kier molecular flexibility index (Phi) is 5.61. The molecule has 2 aromatic carbocycles. The molecule has 0 bridgehead atoms. The number of anilines is 1. The Morgan fingerprint density at radius 3 is 2.53 bits per heavy atom. The Bertz CT molecular complexity index is 1220. The van der Waals surface area contributed by atoms with Gasteiger partial charge in [0, 0.05) is 38.3 Å². The second-order valence-corrected chi connectivity index (χ2v) is 9.40. The maximum atomic E-state index is 6.08. The predicted molar refractivity (Wildman–Crippen MR) is 130 cm³/mol. The number of oxazole rings is 1. The molecule has 0 saturated carbocycles. The first-order valence-electron chi connectivity index (χ1n) is 11.0. The summed E-state index contributed by atoms with van der Waals surface area (Å²) >= 11 is 1.78. The summed E-state index contributed by atoms with van der Waals surface area (Å²) in [6.45, 7) is 10.8. The van der Waals surface area contributed by atoms with Crippen molar-refractivity contribution in [2.45, 2.75) is 27.3 Å². The molecule has 0 aliphatic carbocycles. The lowest BCUT2D eigenvalue weighted by Gasteiger charge is -2.34. The highest BCUT2D eigenvalue weighted by atomic mass is 32.1. The zero-order valence-corrected chi connectivity index (χ0v) is 19.8.